The minimum absolute atomic E-state index is 0.0685. The highest BCUT2D eigenvalue weighted by atomic mass is 16.1. The number of hydrogen-bond acceptors (Lipinski definition) is 3. The van der Waals surface area contributed by atoms with Crippen LogP contribution in [0.4, 0.5) is 11.4 Å². The molecule has 2 aromatic carbocycles. The Morgan fingerprint density at radius 1 is 0.955 bits per heavy atom. The SMILES string of the molecule is CC(=O)Nc1ccc(NCc2ccc3ccccc3n2)cc1. The molecule has 0 unspecified atom stereocenters. The van der Waals surface area contributed by atoms with Gasteiger partial charge in [-0.15, -0.1) is 0 Å². The quantitative estimate of drug-likeness (QED) is 0.768. The number of fused-ring (bicyclic) bond motifs is 1. The summed E-state index contributed by atoms with van der Waals surface area (Å²) in [6.07, 6.45) is 0. The summed E-state index contributed by atoms with van der Waals surface area (Å²) in [7, 11) is 0. The van der Waals surface area contributed by atoms with Gasteiger partial charge in [-0.1, -0.05) is 24.3 Å². The van der Waals surface area contributed by atoms with Gasteiger partial charge in [-0.2, -0.15) is 0 Å². The van der Waals surface area contributed by atoms with Gasteiger partial charge in [-0.05, 0) is 36.4 Å². The van der Waals surface area contributed by atoms with Crippen LogP contribution in [0.1, 0.15) is 12.6 Å². The van der Waals surface area contributed by atoms with Crippen LogP contribution in [-0.4, -0.2) is 10.9 Å². The van der Waals surface area contributed by atoms with Gasteiger partial charge in [0.25, 0.3) is 0 Å². The molecule has 0 fully saturated rings. The van der Waals surface area contributed by atoms with Gasteiger partial charge in [0.1, 0.15) is 0 Å². The predicted molar refractivity (Wildman–Crippen MR) is 89.8 cm³/mol. The zero-order chi connectivity index (χ0) is 15.4. The molecule has 0 atom stereocenters. The molecule has 0 saturated heterocycles. The van der Waals surface area contributed by atoms with Crippen molar-refractivity contribution in [2.24, 2.45) is 0 Å². The first-order valence-corrected chi connectivity index (χ1v) is 7.17. The molecule has 1 amide bonds. The fourth-order valence-electron chi connectivity index (χ4n) is 2.27. The third kappa shape index (κ3) is 3.41. The van der Waals surface area contributed by atoms with Crippen LogP contribution in [0.25, 0.3) is 10.9 Å². The molecule has 0 spiro atoms. The monoisotopic (exact) mass is 291 g/mol. The highest BCUT2D eigenvalue weighted by molar-refractivity contribution is 5.88. The van der Waals surface area contributed by atoms with Crippen molar-refractivity contribution < 1.29 is 4.79 Å². The second-order valence-electron chi connectivity index (χ2n) is 5.11. The number of nitrogens with one attached hydrogen (secondary N) is 2. The van der Waals surface area contributed by atoms with Crippen molar-refractivity contribution in [1.29, 1.82) is 0 Å². The second kappa shape index (κ2) is 6.26. The van der Waals surface area contributed by atoms with Gasteiger partial charge in [-0.3, -0.25) is 9.78 Å². The van der Waals surface area contributed by atoms with Gasteiger partial charge < -0.3 is 10.6 Å². The molecular formula is C18H17N3O. The lowest BCUT2D eigenvalue weighted by Crippen LogP contribution is -2.06. The highest BCUT2D eigenvalue weighted by Gasteiger charge is 1.99. The zero-order valence-electron chi connectivity index (χ0n) is 12.3. The van der Waals surface area contributed by atoms with E-state index in [0.717, 1.165) is 28.0 Å². The van der Waals surface area contributed by atoms with Gasteiger partial charge in [0.2, 0.25) is 5.91 Å². The molecule has 3 aromatic rings. The molecule has 1 heterocycles. The maximum absolute atomic E-state index is 11.0. The maximum atomic E-state index is 11.0. The van der Waals surface area contributed by atoms with E-state index in [1.807, 2.05) is 48.5 Å². The molecule has 4 nitrogen and oxygen atoms in total. The number of amides is 1. The Balaban J connectivity index is 1.67. The fourth-order valence-corrected chi connectivity index (χ4v) is 2.27. The summed E-state index contributed by atoms with van der Waals surface area (Å²) in [4.78, 5) is 15.6. The Morgan fingerprint density at radius 3 is 2.45 bits per heavy atom. The average Bonchev–Trinajstić information content (AvgIpc) is 2.53. The van der Waals surface area contributed by atoms with Crippen molar-refractivity contribution in [1.82, 2.24) is 4.98 Å². The van der Waals surface area contributed by atoms with Crippen LogP contribution in [0.5, 0.6) is 0 Å². The lowest BCUT2D eigenvalue weighted by Gasteiger charge is -2.08. The molecular weight excluding hydrogens is 274 g/mol. The summed E-state index contributed by atoms with van der Waals surface area (Å²) in [5, 5.41) is 7.22. The van der Waals surface area contributed by atoms with E-state index in [-0.39, 0.29) is 5.91 Å². The maximum Gasteiger partial charge on any atom is 0.221 e. The van der Waals surface area contributed by atoms with Gasteiger partial charge in [0.15, 0.2) is 0 Å². The number of benzene rings is 2. The van der Waals surface area contributed by atoms with E-state index >= 15 is 0 Å². The third-order valence-electron chi connectivity index (χ3n) is 3.33. The number of carbonyl (C=O) groups excluding carboxylic acids is 1. The first kappa shape index (κ1) is 14.1. The topological polar surface area (TPSA) is 54.0 Å². The second-order valence-corrected chi connectivity index (χ2v) is 5.11. The van der Waals surface area contributed by atoms with Gasteiger partial charge in [0, 0.05) is 23.7 Å². The van der Waals surface area contributed by atoms with Crippen molar-refractivity contribution in [3.8, 4) is 0 Å². The standard InChI is InChI=1S/C18H17N3O/c1-13(22)20-16-10-8-15(9-11-16)19-12-17-7-6-14-4-2-3-5-18(14)21-17/h2-11,19H,12H2,1H3,(H,20,22). The van der Waals surface area contributed by atoms with Crippen LogP contribution in [0.15, 0.2) is 60.7 Å². The fraction of sp³-hybridized carbons (Fsp3) is 0.111. The Bertz CT molecular complexity index is 797. The number of aromatic nitrogens is 1. The molecule has 3 rings (SSSR count). The number of hydrogen-bond donors (Lipinski definition) is 2. The smallest absolute Gasteiger partial charge is 0.221 e. The summed E-state index contributed by atoms with van der Waals surface area (Å²) >= 11 is 0. The highest BCUT2D eigenvalue weighted by Crippen LogP contribution is 2.16. The predicted octanol–water partition coefficient (Wildman–Crippen LogP) is 3.81. The summed E-state index contributed by atoms with van der Waals surface area (Å²) in [5.41, 5.74) is 3.78. The van der Waals surface area contributed by atoms with Gasteiger partial charge >= 0.3 is 0 Å². The molecule has 110 valence electrons. The van der Waals surface area contributed by atoms with E-state index in [1.54, 1.807) is 0 Å². The lowest BCUT2D eigenvalue weighted by molar-refractivity contribution is -0.114. The number of rotatable bonds is 4. The summed E-state index contributed by atoms with van der Waals surface area (Å²) in [6, 6.07) is 19.8. The van der Waals surface area contributed by atoms with Crippen LogP contribution in [0, 0.1) is 0 Å². The molecule has 0 bridgehead atoms. The number of anilines is 2. The minimum atomic E-state index is -0.0685. The van der Waals surface area contributed by atoms with Crippen LogP contribution < -0.4 is 10.6 Å². The Hall–Kier alpha value is -2.88. The van der Waals surface area contributed by atoms with Crippen LogP contribution in [0.3, 0.4) is 0 Å². The molecule has 0 aliphatic carbocycles. The molecule has 1 aromatic heterocycles. The van der Waals surface area contributed by atoms with E-state index in [9.17, 15) is 4.79 Å². The summed E-state index contributed by atoms with van der Waals surface area (Å²) in [6.45, 7) is 2.15. The van der Waals surface area contributed by atoms with Crippen molar-refractivity contribution in [2.45, 2.75) is 13.5 Å². The van der Waals surface area contributed by atoms with E-state index in [1.165, 1.54) is 6.92 Å². The molecule has 0 aliphatic heterocycles. The van der Waals surface area contributed by atoms with Crippen LogP contribution in [-0.2, 0) is 11.3 Å². The zero-order valence-corrected chi connectivity index (χ0v) is 12.3. The Labute approximate surface area is 129 Å². The van der Waals surface area contributed by atoms with E-state index in [0.29, 0.717) is 6.54 Å². The number of pyridine rings is 1. The molecule has 0 radical (unpaired) electrons. The number of nitrogens with zero attached hydrogens (tertiary/aromatic N) is 1. The molecule has 22 heavy (non-hydrogen) atoms. The normalized spacial score (nSPS) is 10.4. The van der Waals surface area contributed by atoms with Crippen LogP contribution in [0.2, 0.25) is 0 Å². The summed E-state index contributed by atoms with van der Waals surface area (Å²) in [5.74, 6) is -0.0685. The summed E-state index contributed by atoms with van der Waals surface area (Å²) < 4.78 is 0. The number of para-hydroxylation sites is 1. The molecule has 2 N–H and O–H groups in total. The minimum Gasteiger partial charge on any atom is -0.379 e. The van der Waals surface area contributed by atoms with E-state index in [2.05, 4.69) is 27.8 Å². The van der Waals surface area contributed by atoms with Crippen molar-refractivity contribution in [3.63, 3.8) is 0 Å². The van der Waals surface area contributed by atoms with Crippen LogP contribution >= 0.6 is 0 Å². The molecule has 0 saturated carbocycles. The largest absolute Gasteiger partial charge is 0.379 e. The average molecular weight is 291 g/mol. The first-order chi connectivity index (χ1) is 10.7. The lowest BCUT2D eigenvalue weighted by atomic mass is 10.2. The van der Waals surface area contributed by atoms with Crippen molar-refractivity contribution in [2.75, 3.05) is 10.6 Å². The van der Waals surface area contributed by atoms with Gasteiger partial charge in [0.05, 0.1) is 17.8 Å². The van der Waals surface area contributed by atoms with Gasteiger partial charge in [-0.25, -0.2) is 0 Å². The third-order valence-corrected chi connectivity index (χ3v) is 3.33. The van der Waals surface area contributed by atoms with Crippen molar-refractivity contribution in [3.05, 3.63) is 66.4 Å². The van der Waals surface area contributed by atoms with E-state index in [4.69, 9.17) is 0 Å². The Kier molecular flexibility index (Phi) is 4.01. The van der Waals surface area contributed by atoms with Crippen molar-refractivity contribution >= 4 is 28.2 Å². The Morgan fingerprint density at radius 2 is 1.68 bits per heavy atom. The van der Waals surface area contributed by atoms with E-state index < -0.39 is 0 Å². The number of carbonyl (C=O) groups is 1. The molecule has 4 heteroatoms. The first-order valence-electron chi connectivity index (χ1n) is 7.17. The molecule has 0 aliphatic rings.